The molecule has 2 aromatic carbocycles. The van der Waals surface area contributed by atoms with E-state index in [0.29, 0.717) is 13.0 Å². The predicted molar refractivity (Wildman–Crippen MR) is 104 cm³/mol. The highest BCUT2D eigenvalue weighted by Crippen LogP contribution is 2.51. The van der Waals surface area contributed by atoms with Gasteiger partial charge in [0, 0.05) is 12.0 Å². The summed E-state index contributed by atoms with van der Waals surface area (Å²) >= 11 is 0. The maximum Gasteiger partial charge on any atom is 0.330 e. The van der Waals surface area contributed by atoms with E-state index in [1.807, 2.05) is 61.5 Å². The Bertz CT molecular complexity index is 829. The predicted octanol–water partition coefficient (Wildman–Crippen LogP) is 3.62. The van der Waals surface area contributed by atoms with E-state index in [9.17, 15) is 14.7 Å². The Morgan fingerprint density at radius 3 is 2.52 bits per heavy atom. The van der Waals surface area contributed by atoms with Gasteiger partial charge in [-0.2, -0.15) is 0 Å². The topological polar surface area (TPSA) is 75.6 Å². The van der Waals surface area contributed by atoms with Crippen LogP contribution < -0.4 is 10.1 Å². The number of carbonyl (C=O) groups excluding carboxylic acids is 1. The molecule has 1 amide bonds. The second-order valence-corrected chi connectivity index (χ2v) is 6.68. The molecule has 27 heavy (non-hydrogen) atoms. The van der Waals surface area contributed by atoms with Crippen LogP contribution in [-0.4, -0.2) is 29.1 Å². The second-order valence-electron chi connectivity index (χ2n) is 6.68. The first-order valence-electron chi connectivity index (χ1n) is 9.06. The SMILES string of the molecule is CCCOc1ccc(/C=C/C(=O)NC2(C(=O)O)CC2c2ccccc2)cc1. The van der Waals surface area contributed by atoms with E-state index in [2.05, 4.69) is 5.32 Å². The van der Waals surface area contributed by atoms with Crippen LogP contribution in [0.1, 0.15) is 36.8 Å². The molecule has 2 aromatic rings. The van der Waals surface area contributed by atoms with Gasteiger partial charge in [-0.3, -0.25) is 4.79 Å². The lowest BCUT2D eigenvalue weighted by Gasteiger charge is -2.13. The van der Waals surface area contributed by atoms with Crippen LogP contribution in [0, 0.1) is 0 Å². The summed E-state index contributed by atoms with van der Waals surface area (Å²) in [4.78, 5) is 24.0. The van der Waals surface area contributed by atoms with Gasteiger partial charge in [-0.15, -0.1) is 0 Å². The molecule has 2 N–H and O–H groups in total. The van der Waals surface area contributed by atoms with Gasteiger partial charge in [0.1, 0.15) is 11.3 Å². The quantitative estimate of drug-likeness (QED) is 0.701. The maximum absolute atomic E-state index is 12.3. The molecule has 140 valence electrons. The molecule has 0 aliphatic heterocycles. The summed E-state index contributed by atoms with van der Waals surface area (Å²) in [6.07, 6.45) is 4.37. The zero-order valence-corrected chi connectivity index (χ0v) is 15.2. The van der Waals surface area contributed by atoms with Gasteiger partial charge in [0.2, 0.25) is 5.91 Å². The largest absolute Gasteiger partial charge is 0.494 e. The van der Waals surface area contributed by atoms with Crippen molar-refractivity contribution in [1.29, 1.82) is 0 Å². The van der Waals surface area contributed by atoms with Crippen LogP contribution in [0.2, 0.25) is 0 Å². The highest BCUT2D eigenvalue weighted by Gasteiger charge is 2.62. The standard InChI is InChI=1S/C22H23NO4/c1-2-14-27-18-11-8-16(9-12-18)10-13-20(24)23-22(21(25)26)15-19(22)17-6-4-3-5-7-17/h3-13,19H,2,14-15H2,1H3,(H,23,24)(H,25,26)/b13-10+. The molecule has 0 aromatic heterocycles. The molecule has 0 heterocycles. The number of amides is 1. The Morgan fingerprint density at radius 1 is 1.19 bits per heavy atom. The molecule has 1 fully saturated rings. The summed E-state index contributed by atoms with van der Waals surface area (Å²) in [5.41, 5.74) is 0.543. The maximum atomic E-state index is 12.3. The summed E-state index contributed by atoms with van der Waals surface area (Å²) < 4.78 is 5.52. The van der Waals surface area contributed by atoms with Crippen molar-refractivity contribution in [2.45, 2.75) is 31.2 Å². The third-order valence-corrected chi connectivity index (χ3v) is 4.67. The van der Waals surface area contributed by atoms with Gasteiger partial charge in [-0.25, -0.2) is 4.79 Å². The fraction of sp³-hybridized carbons (Fsp3) is 0.273. The lowest BCUT2D eigenvalue weighted by atomic mass is 10.1. The molecule has 5 heteroatoms. The Hall–Kier alpha value is -3.08. The van der Waals surface area contributed by atoms with Gasteiger partial charge in [-0.05, 0) is 42.2 Å². The van der Waals surface area contributed by atoms with E-state index in [1.54, 1.807) is 6.08 Å². The molecule has 0 bridgehead atoms. The molecular formula is C22H23NO4. The third kappa shape index (κ3) is 4.37. The van der Waals surface area contributed by atoms with Gasteiger partial charge in [-0.1, -0.05) is 49.4 Å². The van der Waals surface area contributed by atoms with Crippen molar-refractivity contribution in [1.82, 2.24) is 5.32 Å². The summed E-state index contributed by atoms with van der Waals surface area (Å²) in [7, 11) is 0. The van der Waals surface area contributed by atoms with Crippen LogP contribution in [0.25, 0.3) is 6.08 Å². The second kappa shape index (κ2) is 8.08. The van der Waals surface area contributed by atoms with E-state index in [0.717, 1.165) is 23.3 Å². The average Bonchev–Trinajstić information content (AvgIpc) is 3.42. The van der Waals surface area contributed by atoms with E-state index in [1.165, 1.54) is 6.08 Å². The van der Waals surface area contributed by atoms with Crippen LogP contribution in [-0.2, 0) is 9.59 Å². The van der Waals surface area contributed by atoms with Crippen molar-refractivity contribution in [2.24, 2.45) is 0 Å². The molecule has 0 saturated heterocycles. The molecule has 2 unspecified atom stereocenters. The van der Waals surface area contributed by atoms with Crippen molar-refractivity contribution >= 4 is 18.0 Å². The number of rotatable bonds is 8. The molecule has 2 atom stereocenters. The molecule has 1 aliphatic rings. The van der Waals surface area contributed by atoms with Gasteiger partial charge in [0.15, 0.2) is 0 Å². The number of hydrogen-bond acceptors (Lipinski definition) is 3. The Balaban J connectivity index is 1.62. The molecule has 1 aliphatic carbocycles. The van der Waals surface area contributed by atoms with Crippen LogP contribution in [0.15, 0.2) is 60.7 Å². The van der Waals surface area contributed by atoms with Gasteiger partial charge in [0.05, 0.1) is 6.61 Å². The lowest BCUT2D eigenvalue weighted by Crippen LogP contribution is -2.43. The lowest BCUT2D eigenvalue weighted by molar-refractivity contribution is -0.142. The summed E-state index contributed by atoms with van der Waals surface area (Å²) in [5.74, 6) is -0.840. The van der Waals surface area contributed by atoms with Gasteiger partial charge >= 0.3 is 5.97 Å². The summed E-state index contributed by atoms with van der Waals surface area (Å²) in [6, 6.07) is 16.8. The van der Waals surface area contributed by atoms with Crippen molar-refractivity contribution in [2.75, 3.05) is 6.61 Å². The number of carboxylic acids is 1. The van der Waals surface area contributed by atoms with Crippen LogP contribution in [0.5, 0.6) is 5.75 Å². The highest BCUT2D eigenvalue weighted by molar-refractivity contribution is 5.98. The van der Waals surface area contributed by atoms with E-state index < -0.39 is 17.4 Å². The first-order valence-corrected chi connectivity index (χ1v) is 9.06. The zero-order chi connectivity index (χ0) is 19.3. The van der Waals surface area contributed by atoms with Crippen molar-refractivity contribution in [3.05, 3.63) is 71.8 Å². The molecule has 0 spiro atoms. The fourth-order valence-corrected chi connectivity index (χ4v) is 3.11. The van der Waals surface area contributed by atoms with E-state index >= 15 is 0 Å². The van der Waals surface area contributed by atoms with E-state index in [4.69, 9.17) is 4.74 Å². The molecule has 5 nitrogen and oxygen atoms in total. The third-order valence-electron chi connectivity index (χ3n) is 4.67. The number of nitrogens with one attached hydrogen (secondary N) is 1. The number of ether oxygens (including phenoxy) is 1. The van der Waals surface area contributed by atoms with Crippen molar-refractivity contribution in [3.63, 3.8) is 0 Å². The number of aliphatic carboxylic acids is 1. The fourth-order valence-electron chi connectivity index (χ4n) is 3.11. The minimum atomic E-state index is -1.22. The Kier molecular flexibility index (Phi) is 5.60. The average molecular weight is 365 g/mol. The highest BCUT2D eigenvalue weighted by atomic mass is 16.5. The van der Waals surface area contributed by atoms with Gasteiger partial charge < -0.3 is 15.2 Å². The number of carbonyl (C=O) groups is 2. The minimum absolute atomic E-state index is 0.205. The van der Waals surface area contributed by atoms with Crippen LogP contribution >= 0.6 is 0 Å². The van der Waals surface area contributed by atoms with Gasteiger partial charge in [0.25, 0.3) is 0 Å². The molecule has 1 saturated carbocycles. The zero-order valence-electron chi connectivity index (χ0n) is 15.2. The smallest absolute Gasteiger partial charge is 0.330 e. The van der Waals surface area contributed by atoms with Crippen LogP contribution in [0.4, 0.5) is 0 Å². The first-order chi connectivity index (χ1) is 13.0. The van der Waals surface area contributed by atoms with Crippen LogP contribution in [0.3, 0.4) is 0 Å². The molecular weight excluding hydrogens is 342 g/mol. The Morgan fingerprint density at radius 2 is 1.89 bits per heavy atom. The van der Waals surface area contributed by atoms with Crippen molar-refractivity contribution < 1.29 is 19.4 Å². The monoisotopic (exact) mass is 365 g/mol. The molecule has 0 radical (unpaired) electrons. The normalized spacial score (nSPS) is 21.0. The van der Waals surface area contributed by atoms with Crippen molar-refractivity contribution in [3.8, 4) is 5.75 Å². The Labute approximate surface area is 158 Å². The summed E-state index contributed by atoms with van der Waals surface area (Å²) in [5, 5.41) is 12.3. The van der Waals surface area contributed by atoms with E-state index in [-0.39, 0.29) is 5.92 Å². The number of benzene rings is 2. The minimum Gasteiger partial charge on any atom is -0.494 e. The summed E-state index contributed by atoms with van der Waals surface area (Å²) in [6.45, 7) is 2.71. The number of hydrogen-bond donors (Lipinski definition) is 2. The number of carboxylic acid groups (broad SMARTS) is 1. The first kappa shape index (κ1) is 18.7. The molecule has 3 rings (SSSR count).